The number of fused-ring (bicyclic) bond motifs is 4. The lowest BCUT2D eigenvalue weighted by molar-refractivity contribution is -0.0698. The quantitative estimate of drug-likeness (QED) is 0.438. The van der Waals surface area contributed by atoms with E-state index in [1.54, 1.807) is 25.1 Å². The maximum absolute atomic E-state index is 12.9. The molecule has 0 saturated carbocycles. The van der Waals surface area contributed by atoms with Gasteiger partial charge in [-0.15, -0.1) is 0 Å². The molecule has 158 valence electrons. The molecule has 31 heavy (non-hydrogen) atoms. The largest absolute Gasteiger partial charge is 0.507 e. The summed E-state index contributed by atoms with van der Waals surface area (Å²) in [5.74, 6) is -1.20. The summed E-state index contributed by atoms with van der Waals surface area (Å²) in [6.07, 6.45) is -1.05. The number of rotatable bonds is 3. The molecule has 1 N–H and O–H groups in total. The van der Waals surface area contributed by atoms with Crippen molar-refractivity contribution in [2.75, 3.05) is 6.61 Å². The van der Waals surface area contributed by atoms with Crippen LogP contribution >= 0.6 is 23.2 Å². The van der Waals surface area contributed by atoms with Gasteiger partial charge in [-0.3, -0.25) is 0 Å². The fourth-order valence-corrected chi connectivity index (χ4v) is 4.22. The van der Waals surface area contributed by atoms with Crippen molar-refractivity contribution < 1.29 is 23.4 Å². The molecule has 7 nitrogen and oxygen atoms in total. The SMILES string of the molecule is CCOC1Oc2c(c(=O)oc3cc(Cl)ccc23)C1c1c(O)c2ccc(Cl)cc2oc1=O. The van der Waals surface area contributed by atoms with Crippen molar-refractivity contribution in [1.82, 2.24) is 0 Å². The lowest BCUT2D eigenvalue weighted by atomic mass is 9.92. The third-order valence-corrected chi connectivity index (χ3v) is 5.66. The Labute approximate surface area is 184 Å². The van der Waals surface area contributed by atoms with E-state index >= 15 is 0 Å². The van der Waals surface area contributed by atoms with E-state index < -0.39 is 23.5 Å². The minimum Gasteiger partial charge on any atom is -0.507 e. The molecular formula is C22H14Cl2O7. The summed E-state index contributed by atoms with van der Waals surface area (Å²) in [6.45, 7) is 1.98. The van der Waals surface area contributed by atoms with Crippen molar-refractivity contribution >= 4 is 45.1 Å². The van der Waals surface area contributed by atoms with Crippen molar-refractivity contribution in [3.05, 3.63) is 78.4 Å². The standard InChI is InChI=1S/C22H14Cl2O7/c1-2-28-22-15(16-18(25)11-5-3-9(23)7-13(11)29-20(16)26)17-19(31-22)12-6-4-10(24)8-14(12)30-21(17)27/h3-8,15,22,25H,2H2,1H3. The van der Waals surface area contributed by atoms with Gasteiger partial charge in [-0.05, 0) is 31.2 Å². The van der Waals surface area contributed by atoms with Gasteiger partial charge in [0, 0.05) is 28.8 Å². The van der Waals surface area contributed by atoms with Crippen LogP contribution in [0.25, 0.3) is 21.9 Å². The maximum Gasteiger partial charge on any atom is 0.344 e. The minimum absolute atomic E-state index is 0.0594. The van der Waals surface area contributed by atoms with Crippen molar-refractivity contribution in [1.29, 1.82) is 0 Å². The Morgan fingerprint density at radius 2 is 1.52 bits per heavy atom. The number of hydrogen-bond acceptors (Lipinski definition) is 7. The van der Waals surface area contributed by atoms with Crippen molar-refractivity contribution in [2.24, 2.45) is 0 Å². The first-order valence-corrected chi connectivity index (χ1v) is 10.1. The monoisotopic (exact) mass is 460 g/mol. The normalized spacial score (nSPS) is 17.8. The third-order valence-electron chi connectivity index (χ3n) is 5.19. The fourth-order valence-electron chi connectivity index (χ4n) is 3.90. The Kier molecular flexibility index (Phi) is 4.69. The zero-order valence-electron chi connectivity index (χ0n) is 16.0. The van der Waals surface area contributed by atoms with Crippen LogP contribution in [0.3, 0.4) is 0 Å². The van der Waals surface area contributed by atoms with Gasteiger partial charge in [0.1, 0.15) is 22.7 Å². The average molecular weight is 461 g/mol. The van der Waals surface area contributed by atoms with Crippen LogP contribution in [-0.4, -0.2) is 18.0 Å². The molecule has 0 bridgehead atoms. The molecule has 2 atom stereocenters. The number of hydrogen-bond donors (Lipinski definition) is 1. The average Bonchev–Trinajstić information content (AvgIpc) is 3.07. The summed E-state index contributed by atoms with van der Waals surface area (Å²) in [7, 11) is 0. The molecule has 9 heteroatoms. The van der Waals surface area contributed by atoms with Gasteiger partial charge >= 0.3 is 11.3 Å². The molecule has 0 spiro atoms. The molecule has 0 saturated heterocycles. The molecule has 0 radical (unpaired) electrons. The maximum atomic E-state index is 12.9. The molecule has 0 amide bonds. The van der Waals surface area contributed by atoms with E-state index in [2.05, 4.69) is 0 Å². The topological polar surface area (TPSA) is 99.1 Å². The first-order chi connectivity index (χ1) is 14.9. The smallest absolute Gasteiger partial charge is 0.344 e. The lowest BCUT2D eigenvalue weighted by Gasteiger charge is -2.19. The first-order valence-electron chi connectivity index (χ1n) is 9.38. The van der Waals surface area contributed by atoms with Crippen LogP contribution in [0.1, 0.15) is 24.0 Å². The molecule has 0 aliphatic carbocycles. The van der Waals surface area contributed by atoms with Gasteiger partial charge in [-0.2, -0.15) is 0 Å². The van der Waals surface area contributed by atoms with E-state index in [1.165, 1.54) is 18.2 Å². The van der Waals surface area contributed by atoms with Crippen LogP contribution in [0.2, 0.25) is 10.0 Å². The molecule has 1 aliphatic rings. The van der Waals surface area contributed by atoms with Crippen LogP contribution in [0.5, 0.6) is 11.5 Å². The highest BCUT2D eigenvalue weighted by Crippen LogP contribution is 2.47. The Hall–Kier alpha value is -3.00. The lowest BCUT2D eigenvalue weighted by Crippen LogP contribution is -2.29. The van der Waals surface area contributed by atoms with Gasteiger partial charge in [0.15, 0.2) is 0 Å². The Bertz CT molecular complexity index is 1470. The van der Waals surface area contributed by atoms with Crippen molar-refractivity contribution in [2.45, 2.75) is 19.1 Å². The second-order valence-corrected chi connectivity index (χ2v) is 7.86. The molecule has 5 rings (SSSR count). The molecule has 2 aromatic heterocycles. The number of halogens is 2. The molecule has 1 aliphatic heterocycles. The van der Waals surface area contributed by atoms with E-state index in [1.807, 2.05) is 0 Å². The highest BCUT2D eigenvalue weighted by molar-refractivity contribution is 6.31. The number of aromatic hydroxyl groups is 1. The molecule has 3 heterocycles. The van der Waals surface area contributed by atoms with Gasteiger partial charge in [0.2, 0.25) is 6.29 Å². The molecule has 4 aromatic rings. The van der Waals surface area contributed by atoms with Crippen LogP contribution in [0, 0.1) is 0 Å². The Balaban J connectivity index is 1.82. The van der Waals surface area contributed by atoms with Gasteiger partial charge in [0.05, 0.1) is 27.8 Å². The predicted octanol–water partition coefficient (Wildman–Crippen LogP) is 4.80. The van der Waals surface area contributed by atoms with Crippen molar-refractivity contribution in [3.8, 4) is 11.5 Å². The number of benzene rings is 2. The van der Waals surface area contributed by atoms with Crippen LogP contribution < -0.4 is 16.0 Å². The van der Waals surface area contributed by atoms with E-state index in [4.69, 9.17) is 41.5 Å². The zero-order chi connectivity index (χ0) is 21.9. The summed E-state index contributed by atoms with van der Waals surface area (Å²) in [6, 6.07) is 9.27. The second kappa shape index (κ2) is 7.30. The first kappa shape index (κ1) is 19.9. The summed E-state index contributed by atoms with van der Waals surface area (Å²) in [5, 5.41) is 12.5. The van der Waals surface area contributed by atoms with E-state index in [0.29, 0.717) is 15.4 Å². The fraction of sp³-hybridized carbons (Fsp3) is 0.182. The summed E-state index contributed by atoms with van der Waals surface area (Å²) < 4.78 is 22.5. The van der Waals surface area contributed by atoms with Crippen LogP contribution in [0.15, 0.2) is 54.8 Å². The van der Waals surface area contributed by atoms with Crippen LogP contribution in [-0.2, 0) is 4.74 Å². The Morgan fingerprint density at radius 3 is 2.16 bits per heavy atom. The molecular weight excluding hydrogens is 447 g/mol. The van der Waals surface area contributed by atoms with Crippen molar-refractivity contribution in [3.63, 3.8) is 0 Å². The van der Waals surface area contributed by atoms with Crippen LogP contribution in [0.4, 0.5) is 0 Å². The van der Waals surface area contributed by atoms with Gasteiger partial charge in [0.25, 0.3) is 0 Å². The summed E-state index contributed by atoms with van der Waals surface area (Å²) >= 11 is 12.0. The van der Waals surface area contributed by atoms with E-state index in [0.717, 1.165) is 0 Å². The van der Waals surface area contributed by atoms with E-state index in [9.17, 15) is 14.7 Å². The highest BCUT2D eigenvalue weighted by atomic mass is 35.5. The third kappa shape index (κ3) is 3.08. The molecule has 0 fully saturated rings. The second-order valence-electron chi connectivity index (χ2n) is 6.98. The Morgan fingerprint density at radius 1 is 0.935 bits per heavy atom. The zero-order valence-corrected chi connectivity index (χ0v) is 17.5. The predicted molar refractivity (Wildman–Crippen MR) is 115 cm³/mol. The molecule has 2 unspecified atom stereocenters. The summed E-state index contributed by atoms with van der Waals surface area (Å²) in [5.41, 5.74) is -1.32. The minimum atomic E-state index is -1.07. The summed E-state index contributed by atoms with van der Waals surface area (Å²) in [4.78, 5) is 25.8. The van der Waals surface area contributed by atoms with Gasteiger partial charge in [-0.25, -0.2) is 9.59 Å². The molecule has 2 aromatic carbocycles. The van der Waals surface area contributed by atoms with Gasteiger partial charge in [-0.1, -0.05) is 23.2 Å². The number of ether oxygens (including phenoxy) is 2. The van der Waals surface area contributed by atoms with E-state index in [-0.39, 0.29) is 45.8 Å². The van der Waals surface area contributed by atoms with Gasteiger partial charge < -0.3 is 23.4 Å². The highest BCUT2D eigenvalue weighted by Gasteiger charge is 2.44.